The first kappa shape index (κ1) is 23.7. The molecule has 0 amide bonds. The molecule has 0 unspecified atom stereocenters. The summed E-state index contributed by atoms with van der Waals surface area (Å²) in [7, 11) is 0. The van der Waals surface area contributed by atoms with Crippen LogP contribution in [0.4, 0.5) is 17.1 Å². The molecule has 0 aliphatic carbocycles. The molecule has 3 rings (SSSR count). The van der Waals surface area contributed by atoms with Crippen molar-refractivity contribution in [3.8, 4) is 5.75 Å². The maximum atomic E-state index is 11.3. The molecule has 0 radical (unpaired) electrons. The maximum Gasteiger partial charge on any atom is 0.333 e. The van der Waals surface area contributed by atoms with Crippen LogP contribution in [0.2, 0.25) is 0 Å². The fourth-order valence-electron chi connectivity index (χ4n) is 3.11. The van der Waals surface area contributed by atoms with Gasteiger partial charge in [-0.15, -0.1) is 0 Å². The second kappa shape index (κ2) is 12.2. The van der Waals surface area contributed by atoms with E-state index in [1.165, 1.54) is 0 Å². The third kappa shape index (κ3) is 7.28. The van der Waals surface area contributed by atoms with Crippen LogP contribution in [0.15, 0.2) is 109 Å². The number of nitrogens with zero attached hydrogens (tertiary/aromatic N) is 1. The molecule has 5 nitrogen and oxygen atoms in total. The molecule has 0 aliphatic rings. The van der Waals surface area contributed by atoms with Crippen molar-refractivity contribution in [2.24, 2.45) is 0 Å². The number of hydrogen-bond donors (Lipinski definition) is 0. The van der Waals surface area contributed by atoms with Crippen molar-refractivity contribution in [2.75, 3.05) is 11.5 Å². The number of ether oxygens (including phenoxy) is 1. The summed E-state index contributed by atoms with van der Waals surface area (Å²) >= 11 is 0. The van der Waals surface area contributed by atoms with E-state index in [4.69, 9.17) is 14.5 Å². The molecule has 0 fully saturated rings. The predicted molar refractivity (Wildman–Crippen MR) is 132 cm³/mol. The van der Waals surface area contributed by atoms with E-state index in [-0.39, 0.29) is 5.97 Å². The summed E-state index contributed by atoms with van der Waals surface area (Å²) < 4.78 is 5.06. The van der Waals surface area contributed by atoms with Gasteiger partial charge in [-0.2, -0.15) is 0 Å². The second-order valence-corrected chi connectivity index (χ2v) is 7.58. The van der Waals surface area contributed by atoms with Crippen LogP contribution >= 0.6 is 0 Å². The summed E-state index contributed by atoms with van der Waals surface area (Å²) in [6, 6.07) is 28.1. The zero-order valence-electron chi connectivity index (χ0n) is 18.9. The third-order valence-electron chi connectivity index (χ3n) is 4.81. The fraction of sp³-hybridized carbons (Fsp3) is 0.179. The largest absolute Gasteiger partial charge is 0.462 e. The number of allylic oxidation sites excluding steroid dienone is 1. The van der Waals surface area contributed by atoms with Gasteiger partial charge in [0.05, 0.1) is 6.61 Å². The molecule has 0 aromatic heterocycles. The molecular formula is C28H29NO4. The van der Waals surface area contributed by atoms with Crippen molar-refractivity contribution in [3.05, 3.63) is 109 Å². The van der Waals surface area contributed by atoms with Crippen molar-refractivity contribution in [1.82, 2.24) is 0 Å². The number of hydrogen-bond acceptors (Lipinski definition) is 5. The highest BCUT2D eigenvalue weighted by molar-refractivity contribution is 5.86. The quantitative estimate of drug-likeness (QED) is 0.0736. The molecule has 5 heteroatoms. The van der Waals surface area contributed by atoms with Gasteiger partial charge in [0.2, 0.25) is 0 Å². The summed E-state index contributed by atoms with van der Waals surface area (Å²) in [6.45, 7) is 9.41. The molecule has 170 valence electrons. The fourth-order valence-corrected chi connectivity index (χ4v) is 3.11. The Hall–Kier alpha value is -3.99. The summed E-state index contributed by atoms with van der Waals surface area (Å²) in [5.74, 6) is 0.729. The Kier molecular flexibility index (Phi) is 8.71. The molecule has 0 aliphatic heterocycles. The lowest BCUT2D eigenvalue weighted by Gasteiger charge is -2.25. The van der Waals surface area contributed by atoms with Gasteiger partial charge in [0, 0.05) is 29.1 Å². The molecule has 3 aromatic carbocycles. The van der Waals surface area contributed by atoms with E-state index >= 15 is 0 Å². The molecular weight excluding hydrogens is 414 g/mol. The minimum absolute atomic E-state index is 0.348. The Morgan fingerprint density at radius 3 is 1.88 bits per heavy atom. The molecule has 0 saturated heterocycles. The van der Waals surface area contributed by atoms with Crippen LogP contribution in [0.25, 0.3) is 0 Å². The monoisotopic (exact) mass is 443 g/mol. The first-order valence-corrected chi connectivity index (χ1v) is 10.9. The van der Waals surface area contributed by atoms with Crippen molar-refractivity contribution < 1.29 is 19.3 Å². The van der Waals surface area contributed by atoms with Crippen molar-refractivity contribution >= 4 is 23.0 Å². The molecule has 0 atom stereocenters. The number of unbranched alkanes of at least 4 members (excludes halogenated alkanes) is 1. The SMILES string of the molecule is C=C(CCCCOC(=O)C(=C)C)OOc1ccc(N(c2ccccc2)c2ccccc2)cc1. The Morgan fingerprint density at radius 1 is 0.788 bits per heavy atom. The minimum atomic E-state index is -0.366. The Morgan fingerprint density at radius 2 is 1.33 bits per heavy atom. The van der Waals surface area contributed by atoms with Crippen LogP contribution in [-0.2, 0) is 14.4 Å². The molecule has 33 heavy (non-hydrogen) atoms. The summed E-state index contributed by atoms with van der Waals surface area (Å²) in [5, 5.41) is 0. The molecule has 0 bridgehead atoms. The van der Waals surface area contributed by atoms with Crippen LogP contribution in [-0.4, -0.2) is 12.6 Å². The lowest BCUT2D eigenvalue weighted by molar-refractivity contribution is -0.168. The van der Waals surface area contributed by atoms with Gasteiger partial charge >= 0.3 is 5.97 Å². The Balaban J connectivity index is 1.52. The van der Waals surface area contributed by atoms with Gasteiger partial charge < -0.3 is 9.64 Å². The average Bonchev–Trinajstić information content (AvgIpc) is 2.84. The summed E-state index contributed by atoms with van der Waals surface area (Å²) in [4.78, 5) is 24.3. The smallest absolute Gasteiger partial charge is 0.333 e. The number of carbonyl (C=O) groups excluding carboxylic acids is 1. The van der Waals surface area contributed by atoms with Crippen molar-refractivity contribution in [1.29, 1.82) is 0 Å². The van der Waals surface area contributed by atoms with E-state index in [2.05, 4.69) is 42.3 Å². The second-order valence-electron chi connectivity index (χ2n) is 7.58. The van der Waals surface area contributed by atoms with E-state index in [0.29, 0.717) is 36.5 Å². The Bertz CT molecular complexity index is 1010. The third-order valence-corrected chi connectivity index (χ3v) is 4.81. The topological polar surface area (TPSA) is 48.0 Å². The Labute approximate surface area is 195 Å². The molecule has 0 saturated carbocycles. The van der Waals surface area contributed by atoms with Gasteiger partial charge in [-0.05, 0) is 68.3 Å². The number of para-hydroxylation sites is 2. The molecule has 0 heterocycles. The van der Waals surface area contributed by atoms with Gasteiger partial charge in [0.1, 0.15) is 5.76 Å². The van der Waals surface area contributed by atoms with E-state index in [1.54, 1.807) is 6.92 Å². The zero-order chi connectivity index (χ0) is 23.5. The van der Waals surface area contributed by atoms with E-state index in [1.807, 2.05) is 60.7 Å². The number of esters is 1. The zero-order valence-corrected chi connectivity index (χ0v) is 18.9. The lowest BCUT2D eigenvalue weighted by Crippen LogP contribution is -2.09. The van der Waals surface area contributed by atoms with Crippen LogP contribution < -0.4 is 9.79 Å². The van der Waals surface area contributed by atoms with E-state index in [9.17, 15) is 4.79 Å². The molecule has 0 N–H and O–H groups in total. The van der Waals surface area contributed by atoms with Crippen LogP contribution in [0.1, 0.15) is 26.2 Å². The predicted octanol–water partition coefficient (Wildman–Crippen LogP) is 7.27. The van der Waals surface area contributed by atoms with Crippen molar-refractivity contribution in [2.45, 2.75) is 26.2 Å². The van der Waals surface area contributed by atoms with Gasteiger partial charge in [0.25, 0.3) is 0 Å². The van der Waals surface area contributed by atoms with Gasteiger partial charge in [0.15, 0.2) is 5.75 Å². The first-order valence-electron chi connectivity index (χ1n) is 10.9. The standard InChI is InChI=1S/C28H29NO4/c1-22(2)28(30)31-21-11-10-12-23(3)32-33-27-19-17-26(18-20-27)29(24-13-6-4-7-14-24)25-15-8-5-9-16-25/h4-9,13-20H,1,3,10-12,21H2,2H3. The summed E-state index contributed by atoms with van der Waals surface area (Å²) in [5.41, 5.74) is 3.53. The highest BCUT2D eigenvalue weighted by Crippen LogP contribution is 2.34. The van der Waals surface area contributed by atoms with Crippen molar-refractivity contribution in [3.63, 3.8) is 0 Å². The van der Waals surface area contributed by atoms with E-state index in [0.717, 1.165) is 23.5 Å². The van der Waals surface area contributed by atoms with E-state index < -0.39 is 0 Å². The molecule has 3 aromatic rings. The van der Waals surface area contributed by atoms with Crippen LogP contribution in [0.5, 0.6) is 5.75 Å². The van der Waals surface area contributed by atoms with Gasteiger partial charge in [-0.25, -0.2) is 4.79 Å². The number of carbonyl (C=O) groups is 1. The number of rotatable bonds is 12. The summed E-state index contributed by atoms with van der Waals surface area (Å²) in [6.07, 6.45) is 2.09. The van der Waals surface area contributed by atoms with Crippen LogP contribution in [0.3, 0.4) is 0 Å². The number of anilines is 3. The number of benzene rings is 3. The highest BCUT2D eigenvalue weighted by atomic mass is 17.2. The minimum Gasteiger partial charge on any atom is -0.462 e. The molecule has 0 spiro atoms. The van der Waals surface area contributed by atoms with Gasteiger partial charge in [-0.1, -0.05) is 49.6 Å². The van der Waals surface area contributed by atoms with Gasteiger partial charge in [-0.3, -0.25) is 9.78 Å². The average molecular weight is 444 g/mol. The highest BCUT2D eigenvalue weighted by Gasteiger charge is 2.12. The van der Waals surface area contributed by atoms with Crippen LogP contribution in [0, 0.1) is 0 Å². The normalized spacial score (nSPS) is 10.2. The first-order chi connectivity index (χ1) is 16.0. The maximum absolute atomic E-state index is 11.3. The lowest BCUT2D eigenvalue weighted by atomic mass is 10.2.